The van der Waals surface area contributed by atoms with Crippen molar-refractivity contribution in [3.8, 4) is 5.75 Å². The molecule has 8 rings (SSSR count). The lowest BCUT2D eigenvalue weighted by atomic mass is 9.63. The Morgan fingerprint density at radius 2 is 1.93 bits per heavy atom. The third-order valence-electron chi connectivity index (χ3n) is 14.0. The van der Waals surface area contributed by atoms with Crippen LogP contribution in [0.15, 0.2) is 48.6 Å². The number of ether oxygens (including phenoxy) is 2. The first kappa shape index (κ1) is 38.2. The fraction of sp³-hybridized carbons (Fsp3) is 0.643. The summed E-state index contributed by atoms with van der Waals surface area (Å²) in [6.45, 7) is 9.68. The summed E-state index contributed by atoms with van der Waals surface area (Å²) in [6, 6.07) is 11.8. The molecule has 9 nitrogen and oxygen atoms in total. The minimum absolute atomic E-state index is 0.203. The van der Waals surface area contributed by atoms with Crippen LogP contribution in [0.1, 0.15) is 80.3 Å². The molecule has 2 aromatic rings. The van der Waals surface area contributed by atoms with Crippen molar-refractivity contribution in [1.29, 1.82) is 0 Å². The van der Waals surface area contributed by atoms with E-state index in [1.54, 1.807) is 13.0 Å². The molecule has 12 heteroatoms. The van der Waals surface area contributed by atoms with Crippen molar-refractivity contribution >= 4 is 33.2 Å². The third-order valence-corrected chi connectivity index (χ3v) is 16.2. The molecular formula is C42H56ClFN4O5S. The number of carbonyl (C=O) groups excluding carboxylic acids is 1. The molecule has 54 heavy (non-hydrogen) atoms. The predicted octanol–water partition coefficient (Wildman–Crippen LogP) is 6.39. The SMILES string of the molecule is CO[C@@]1(CN2CCN3CC[C@@H](F)C[C@H]3C2)/C=C/C[C@H](C)[C@@H](C)S(=O)(=O)NC(=O)c2ccc3c(c2)N(C[C@@H]2CC[C@H]21)C[C@@]1(CCCc2cc(Cl)ccc21)CO3. The maximum atomic E-state index is 14.6. The Morgan fingerprint density at radius 3 is 2.72 bits per heavy atom. The molecule has 0 aromatic heterocycles. The zero-order valence-electron chi connectivity index (χ0n) is 31.9. The van der Waals surface area contributed by atoms with Gasteiger partial charge in [0.25, 0.3) is 5.91 Å². The van der Waals surface area contributed by atoms with Crippen molar-refractivity contribution in [1.82, 2.24) is 14.5 Å². The van der Waals surface area contributed by atoms with Gasteiger partial charge in [0.05, 0.1) is 17.5 Å². The highest BCUT2D eigenvalue weighted by Gasteiger charge is 2.50. The van der Waals surface area contributed by atoms with Crippen LogP contribution in [0.2, 0.25) is 5.02 Å². The topological polar surface area (TPSA) is 91.4 Å². The number of carbonyl (C=O) groups is 1. The number of anilines is 1. The Hall–Kier alpha value is -2.70. The molecule has 2 aromatic carbocycles. The molecule has 294 valence electrons. The number of piperazine rings is 1. The molecule has 2 bridgehead atoms. The van der Waals surface area contributed by atoms with Gasteiger partial charge in [0, 0.05) is 75.0 Å². The van der Waals surface area contributed by atoms with Crippen LogP contribution in [0.3, 0.4) is 0 Å². The standard InChI is InChI=1S/C42H56ClFN4O5S/c1-28-6-4-16-42(52-3,26-46-18-19-47-17-14-34(44)22-35(47)24-46)37-11-8-32(37)23-48-25-41(15-5-7-30-20-33(43)10-12-36(30)41)27-53-39-13-9-31(21-38(39)48)40(49)45-54(50,51)29(28)2/h4,9-10,12-13,16,20-21,28-29,32,34-35,37H,5-8,11,14-15,17-19,22-27H2,1-3H3,(H,45,49)/b16-4+/t28-,29+,32-,34+,35-,37+,41-,42+/m0/s1. The molecular weight excluding hydrogens is 727 g/mol. The number of piperidine rings is 1. The van der Waals surface area contributed by atoms with Gasteiger partial charge >= 0.3 is 0 Å². The molecule has 4 heterocycles. The van der Waals surface area contributed by atoms with Gasteiger partial charge in [-0.1, -0.05) is 36.7 Å². The molecule has 1 saturated carbocycles. The second-order valence-corrected chi connectivity index (χ2v) is 19.7. The van der Waals surface area contributed by atoms with Gasteiger partial charge < -0.3 is 14.4 Å². The minimum atomic E-state index is -3.98. The van der Waals surface area contributed by atoms with Gasteiger partial charge in [0.2, 0.25) is 10.0 Å². The van der Waals surface area contributed by atoms with E-state index in [1.807, 2.05) is 32.2 Å². The Kier molecular flexibility index (Phi) is 10.6. The van der Waals surface area contributed by atoms with Crippen LogP contribution in [0.4, 0.5) is 10.1 Å². The second kappa shape index (κ2) is 15.0. The normalized spacial score (nSPS) is 36.4. The summed E-state index contributed by atoms with van der Waals surface area (Å²) in [4.78, 5) is 21.0. The number of sulfonamides is 1. The Labute approximate surface area is 325 Å². The van der Waals surface area contributed by atoms with Gasteiger partial charge in [-0.15, -0.1) is 0 Å². The number of hydrogen-bond acceptors (Lipinski definition) is 8. The van der Waals surface area contributed by atoms with Crippen LogP contribution >= 0.6 is 11.6 Å². The number of amides is 1. The van der Waals surface area contributed by atoms with Crippen LogP contribution < -0.4 is 14.4 Å². The number of alkyl halides is 1. The lowest BCUT2D eigenvalue weighted by Crippen LogP contribution is -2.62. The second-order valence-electron chi connectivity index (χ2n) is 17.2. The van der Waals surface area contributed by atoms with Crippen LogP contribution in [0.25, 0.3) is 0 Å². The van der Waals surface area contributed by atoms with Crippen molar-refractivity contribution in [2.24, 2.45) is 17.8 Å². The van der Waals surface area contributed by atoms with Gasteiger partial charge in [-0.05, 0) is 118 Å². The van der Waals surface area contributed by atoms with E-state index in [1.165, 1.54) is 11.1 Å². The summed E-state index contributed by atoms with van der Waals surface area (Å²) >= 11 is 6.50. The first-order valence-corrected chi connectivity index (χ1v) is 22.0. The van der Waals surface area contributed by atoms with E-state index in [0.29, 0.717) is 56.2 Å². The molecule has 0 radical (unpaired) electrons. The molecule has 2 aliphatic carbocycles. The largest absolute Gasteiger partial charge is 0.490 e. The molecule has 0 unspecified atom stereocenters. The van der Waals surface area contributed by atoms with Crippen molar-refractivity contribution < 1.29 is 27.1 Å². The summed E-state index contributed by atoms with van der Waals surface area (Å²) in [5.74, 6) is 0.306. The highest BCUT2D eigenvalue weighted by Crippen LogP contribution is 2.49. The average molecular weight is 783 g/mol. The van der Waals surface area contributed by atoms with Crippen molar-refractivity contribution in [3.05, 3.63) is 70.3 Å². The first-order chi connectivity index (χ1) is 25.9. The van der Waals surface area contributed by atoms with Gasteiger partial charge in [-0.2, -0.15) is 0 Å². The number of benzene rings is 2. The minimum Gasteiger partial charge on any atom is -0.490 e. The van der Waals surface area contributed by atoms with Gasteiger partial charge in [-0.3, -0.25) is 14.6 Å². The fourth-order valence-corrected chi connectivity index (χ4v) is 12.0. The maximum absolute atomic E-state index is 14.6. The highest BCUT2D eigenvalue weighted by atomic mass is 35.5. The number of fused-ring (bicyclic) bond motifs is 5. The van der Waals surface area contributed by atoms with Crippen molar-refractivity contribution in [3.63, 3.8) is 0 Å². The van der Waals surface area contributed by atoms with Crippen molar-refractivity contribution in [2.75, 3.05) is 64.4 Å². The Balaban J connectivity index is 1.18. The number of methoxy groups -OCH3 is 1. The molecule has 1 N–H and O–H groups in total. The van der Waals surface area contributed by atoms with E-state index >= 15 is 0 Å². The van der Waals surface area contributed by atoms with Gasteiger partial charge in [0.15, 0.2) is 0 Å². The number of halogens is 2. The fourth-order valence-electron chi connectivity index (χ4n) is 10.5. The Bertz CT molecular complexity index is 1880. The number of aryl methyl sites for hydroxylation is 1. The summed E-state index contributed by atoms with van der Waals surface area (Å²) < 4.78 is 57.6. The summed E-state index contributed by atoms with van der Waals surface area (Å²) in [7, 11) is -2.16. The third kappa shape index (κ3) is 7.21. The maximum Gasteiger partial charge on any atom is 0.264 e. The monoisotopic (exact) mass is 782 g/mol. The molecule has 3 fully saturated rings. The van der Waals surface area contributed by atoms with E-state index in [0.717, 1.165) is 75.5 Å². The van der Waals surface area contributed by atoms with Gasteiger partial charge in [-0.25, -0.2) is 17.5 Å². The molecule has 1 spiro atoms. The average Bonchev–Trinajstić information content (AvgIpc) is 3.28. The number of nitrogens with zero attached hydrogens (tertiary/aromatic N) is 3. The van der Waals surface area contributed by atoms with Crippen LogP contribution in [-0.4, -0.2) is 107 Å². The Morgan fingerprint density at radius 1 is 1.07 bits per heavy atom. The van der Waals surface area contributed by atoms with E-state index in [-0.39, 0.29) is 23.3 Å². The van der Waals surface area contributed by atoms with Crippen molar-refractivity contribution in [2.45, 2.75) is 93.7 Å². The smallest absolute Gasteiger partial charge is 0.264 e. The molecule has 6 aliphatic rings. The van der Waals surface area contributed by atoms with E-state index in [9.17, 15) is 17.6 Å². The van der Waals surface area contributed by atoms with Crippen LogP contribution in [0, 0.1) is 17.8 Å². The van der Waals surface area contributed by atoms with Crippen LogP contribution in [-0.2, 0) is 26.6 Å². The lowest BCUT2D eigenvalue weighted by molar-refractivity contribution is -0.101. The first-order valence-electron chi connectivity index (χ1n) is 20.1. The molecule has 1 amide bonds. The summed E-state index contributed by atoms with van der Waals surface area (Å²) in [5, 5.41) is -0.0699. The quantitative estimate of drug-likeness (QED) is 0.359. The molecule has 4 aliphatic heterocycles. The summed E-state index contributed by atoms with van der Waals surface area (Å²) in [5.41, 5.74) is 2.72. The van der Waals surface area contributed by atoms with E-state index in [4.69, 9.17) is 21.1 Å². The molecule has 2 saturated heterocycles. The zero-order valence-corrected chi connectivity index (χ0v) is 33.5. The highest BCUT2D eigenvalue weighted by molar-refractivity contribution is 7.90. The number of rotatable bonds is 3. The van der Waals surface area contributed by atoms with E-state index in [2.05, 4.69) is 43.7 Å². The van der Waals surface area contributed by atoms with E-state index < -0.39 is 33.0 Å². The number of nitrogens with one attached hydrogen (secondary N) is 1. The summed E-state index contributed by atoms with van der Waals surface area (Å²) in [6.07, 6.45) is 10.3. The number of hydrogen-bond donors (Lipinski definition) is 1. The predicted molar refractivity (Wildman–Crippen MR) is 211 cm³/mol. The lowest BCUT2D eigenvalue weighted by Gasteiger charge is -2.53. The molecule has 8 atom stereocenters. The zero-order chi connectivity index (χ0) is 37.8. The van der Waals surface area contributed by atoms with Gasteiger partial charge in [0.1, 0.15) is 17.5 Å². The van der Waals surface area contributed by atoms with Crippen LogP contribution in [0.5, 0.6) is 5.75 Å². The number of allylic oxidation sites excluding steroid dienone is 1.